The lowest BCUT2D eigenvalue weighted by atomic mass is 9.79. The highest BCUT2D eigenvalue weighted by Gasteiger charge is 2.45. The fraction of sp³-hybridized carbons (Fsp3) is 0.556. The molecule has 0 N–H and O–H groups in total. The van der Waals surface area contributed by atoms with Gasteiger partial charge in [0.1, 0.15) is 6.61 Å². The quantitative estimate of drug-likeness (QED) is 0.401. The van der Waals surface area contributed by atoms with E-state index < -0.39 is 5.79 Å². The summed E-state index contributed by atoms with van der Waals surface area (Å²) in [5.74, 6) is -1.42. The first-order chi connectivity index (χ1) is 15.1. The van der Waals surface area contributed by atoms with Gasteiger partial charge in [-0.05, 0) is 83.3 Å². The maximum Gasteiger partial charge on any atom is 0.302 e. The largest absolute Gasteiger partial charge is 0.461 e. The highest BCUT2D eigenvalue weighted by atomic mass is 16.7. The standard InChI is InChI=1S/C27H36O5/c1-17(2)8-7-9-18(3)10-23-11-19(4)14-27(31-23)15-22(16-30-21(6)28)24-13-25(29)20(5)12-26(24)32-27/h8,10,12,14-15,23-24,26H,7,9,11,13,16H2,1-6H3/t23-,24-,26-,27+/m0/s1. The molecule has 0 radical (unpaired) electrons. The van der Waals surface area contributed by atoms with Crippen LogP contribution < -0.4 is 0 Å². The van der Waals surface area contributed by atoms with Crippen LogP contribution in [0.3, 0.4) is 0 Å². The number of hydrogen-bond donors (Lipinski definition) is 0. The molecule has 3 rings (SSSR count). The lowest BCUT2D eigenvalue weighted by Crippen LogP contribution is -2.49. The zero-order chi connectivity index (χ0) is 23.5. The van der Waals surface area contributed by atoms with Crippen LogP contribution >= 0.6 is 0 Å². The monoisotopic (exact) mass is 440 g/mol. The van der Waals surface area contributed by atoms with Gasteiger partial charge in [-0.2, -0.15) is 0 Å². The van der Waals surface area contributed by atoms with Gasteiger partial charge in [-0.3, -0.25) is 9.59 Å². The molecule has 0 aromatic carbocycles. The number of fused-ring (bicyclic) bond motifs is 1. The van der Waals surface area contributed by atoms with Gasteiger partial charge in [-0.25, -0.2) is 0 Å². The Morgan fingerprint density at radius 3 is 2.59 bits per heavy atom. The highest BCUT2D eigenvalue weighted by Crippen LogP contribution is 2.42. The normalized spacial score (nSPS) is 30.2. The second kappa shape index (κ2) is 10.1. The Kier molecular flexibility index (Phi) is 7.73. The molecule has 0 amide bonds. The van der Waals surface area contributed by atoms with Crippen molar-refractivity contribution in [1.29, 1.82) is 0 Å². The summed E-state index contributed by atoms with van der Waals surface area (Å²) in [6, 6.07) is 0. The summed E-state index contributed by atoms with van der Waals surface area (Å²) in [7, 11) is 0. The predicted octanol–water partition coefficient (Wildman–Crippen LogP) is 5.53. The minimum Gasteiger partial charge on any atom is -0.461 e. The Morgan fingerprint density at radius 2 is 1.91 bits per heavy atom. The molecule has 5 heteroatoms. The molecule has 0 saturated carbocycles. The predicted molar refractivity (Wildman–Crippen MR) is 125 cm³/mol. The van der Waals surface area contributed by atoms with Crippen molar-refractivity contribution in [1.82, 2.24) is 0 Å². The average Bonchev–Trinajstić information content (AvgIpc) is 2.66. The average molecular weight is 441 g/mol. The fourth-order valence-electron chi connectivity index (χ4n) is 4.59. The van der Waals surface area contributed by atoms with Crippen LogP contribution in [0.25, 0.3) is 0 Å². The van der Waals surface area contributed by atoms with E-state index in [1.165, 1.54) is 23.6 Å². The van der Waals surface area contributed by atoms with Crippen LogP contribution in [0.2, 0.25) is 0 Å². The van der Waals surface area contributed by atoms with E-state index in [0.717, 1.165) is 24.8 Å². The maximum absolute atomic E-state index is 12.3. The zero-order valence-corrected chi connectivity index (χ0v) is 20.2. The molecule has 4 atom stereocenters. The molecule has 5 nitrogen and oxygen atoms in total. The molecule has 2 aliphatic heterocycles. The molecular formula is C27H36O5. The molecule has 0 unspecified atom stereocenters. The van der Waals surface area contributed by atoms with Crippen molar-refractivity contribution in [2.24, 2.45) is 5.92 Å². The number of carbonyl (C=O) groups excluding carboxylic acids is 2. The van der Waals surface area contributed by atoms with Crippen LogP contribution in [-0.4, -0.2) is 36.4 Å². The fourth-order valence-corrected chi connectivity index (χ4v) is 4.59. The molecule has 0 aromatic heterocycles. The minimum atomic E-state index is -1.03. The molecule has 32 heavy (non-hydrogen) atoms. The SMILES string of the molecule is CC(=O)OCC1=C[C@@]2(C=C(C)C[C@H](C=C(C)CCC=C(C)C)O2)O[C@H]2C=C(C)C(=O)C[C@@H]12. The van der Waals surface area contributed by atoms with Gasteiger partial charge in [0.15, 0.2) is 5.78 Å². The zero-order valence-electron chi connectivity index (χ0n) is 20.2. The molecule has 1 spiro atoms. The molecule has 0 fully saturated rings. The van der Waals surface area contributed by atoms with E-state index in [0.29, 0.717) is 12.0 Å². The molecule has 0 saturated heterocycles. The van der Waals surface area contributed by atoms with Crippen molar-refractivity contribution < 1.29 is 23.8 Å². The van der Waals surface area contributed by atoms with Gasteiger partial charge in [0.05, 0.1) is 12.2 Å². The topological polar surface area (TPSA) is 61.8 Å². The smallest absolute Gasteiger partial charge is 0.302 e. The van der Waals surface area contributed by atoms with Gasteiger partial charge in [-0.1, -0.05) is 28.9 Å². The van der Waals surface area contributed by atoms with Gasteiger partial charge in [0, 0.05) is 19.3 Å². The molecule has 2 heterocycles. The van der Waals surface area contributed by atoms with Crippen LogP contribution in [0.4, 0.5) is 0 Å². The van der Waals surface area contributed by atoms with Crippen LogP contribution in [0.5, 0.6) is 0 Å². The number of Topliss-reactive ketones (excluding diaryl/α,β-unsaturated/α-hetero) is 1. The Balaban J connectivity index is 1.88. The number of ether oxygens (including phenoxy) is 3. The Hall–Kier alpha value is -2.24. The van der Waals surface area contributed by atoms with E-state index in [1.54, 1.807) is 0 Å². The van der Waals surface area contributed by atoms with E-state index in [1.807, 2.05) is 25.2 Å². The third kappa shape index (κ3) is 6.17. The van der Waals surface area contributed by atoms with E-state index >= 15 is 0 Å². The minimum absolute atomic E-state index is 0.101. The van der Waals surface area contributed by atoms with Crippen LogP contribution in [0.1, 0.15) is 67.2 Å². The number of carbonyl (C=O) groups is 2. The van der Waals surface area contributed by atoms with Crippen molar-refractivity contribution >= 4 is 11.8 Å². The summed E-state index contributed by atoms with van der Waals surface area (Å²) >= 11 is 0. The van der Waals surface area contributed by atoms with Crippen molar-refractivity contribution in [3.8, 4) is 0 Å². The summed E-state index contributed by atoms with van der Waals surface area (Å²) in [6.07, 6.45) is 13.0. The van der Waals surface area contributed by atoms with Crippen LogP contribution in [0.15, 0.2) is 58.2 Å². The summed E-state index contributed by atoms with van der Waals surface area (Å²) in [6.45, 7) is 11.8. The van der Waals surface area contributed by atoms with Crippen molar-refractivity contribution in [2.45, 2.75) is 85.2 Å². The van der Waals surface area contributed by atoms with Gasteiger partial charge in [-0.15, -0.1) is 0 Å². The Morgan fingerprint density at radius 1 is 1.16 bits per heavy atom. The first-order valence-electron chi connectivity index (χ1n) is 11.5. The maximum atomic E-state index is 12.3. The van der Waals surface area contributed by atoms with Crippen molar-refractivity contribution in [3.63, 3.8) is 0 Å². The number of allylic oxidation sites excluding steroid dienone is 4. The molecular weight excluding hydrogens is 404 g/mol. The second-order valence-corrected chi connectivity index (χ2v) is 9.57. The number of esters is 1. The third-order valence-electron chi connectivity index (χ3n) is 6.15. The van der Waals surface area contributed by atoms with E-state index in [9.17, 15) is 9.59 Å². The van der Waals surface area contributed by atoms with Gasteiger partial charge < -0.3 is 14.2 Å². The summed E-state index contributed by atoms with van der Waals surface area (Å²) in [5, 5.41) is 0. The summed E-state index contributed by atoms with van der Waals surface area (Å²) in [5.41, 5.74) is 5.38. The molecule has 0 aromatic rings. The lowest BCUT2D eigenvalue weighted by Gasteiger charge is -2.45. The van der Waals surface area contributed by atoms with E-state index in [-0.39, 0.29) is 36.5 Å². The lowest BCUT2D eigenvalue weighted by molar-refractivity contribution is -0.225. The van der Waals surface area contributed by atoms with Gasteiger partial charge >= 0.3 is 5.97 Å². The van der Waals surface area contributed by atoms with Crippen molar-refractivity contribution in [3.05, 3.63) is 58.2 Å². The number of rotatable bonds is 6. The third-order valence-corrected chi connectivity index (χ3v) is 6.15. The molecule has 1 aliphatic carbocycles. The molecule has 3 aliphatic rings. The van der Waals surface area contributed by atoms with Crippen LogP contribution in [-0.2, 0) is 23.8 Å². The Bertz CT molecular complexity index is 912. The summed E-state index contributed by atoms with van der Waals surface area (Å²) in [4.78, 5) is 23.8. The second-order valence-electron chi connectivity index (χ2n) is 9.57. The van der Waals surface area contributed by atoms with E-state index in [2.05, 4.69) is 39.8 Å². The first-order valence-corrected chi connectivity index (χ1v) is 11.5. The molecule has 0 bridgehead atoms. The van der Waals surface area contributed by atoms with Gasteiger partial charge in [0.2, 0.25) is 5.79 Å². The van der Waals surface area contributed by atoms with Crippen molar-refractivity contribution in [2.75, 3.05) is 6.61 Å². The number of ketones is 1. The summed E-state index contributed by atoms with van der Waals surface area (Å²) < 4.78 is 18.3. The molecule has 174 valence electrons. The van der Waals surface area contributed by atoms with E-state index in [4.69, 9.17) is 14.2 Å². The number of hydrogen-bond acceptors (Lipinski definition) is 5. The Labute approximate surface area is 191 Å². The van der Waals surface area contributed by atoms with Gasteiger partial charge in [0.25, 0.3) is 0 Å². The van der Waals surface area contributed by atoms with Crippen LogP contribution in [0, 0.1) is 5.92 Å². The first kappa shape index (κ1) is 24.4. The highest BCUT2D eigenvalue weighted by molar-refractivity contribution is 5.96.